The van der Waals surface area contributed by atoms with Gasteiger partial charge in [-0.1, -0.05) is 27.2 Å². The molecule has 4 rings (SSSR count). The highest BCUT2D eigenvalue weighted by Gasteiger charge is 2.31. The van der Waals surface area contributed by atoms with Gasteiger partial charge in [0.1, 0.15) is 5.82 Å². The SMILES string of the molecule is CCCCn1c(=O)[nH]c(=O)c2c1nc(CCC(=O)Nc1ccc3c(c1)OC(C)(C)O3)n2CC(C)C. The van der Waals surface area contributed by atoms with E-state index in [1.165, 1.54) is 4.57 Å². The molecule has 1 amide bonds. The summed E-state index contributed by atoms with van der Waals surface area (Å²) in [5.41, 5.74) is 0.450. The number of carbonyl (C=O) groups excluding carboxylic acids is 1. The first-order chi connectivity index (χ1) is 16.6. The first-order valence-electron chi connectivity index (χ1n) is 12.1. The van der Waals surface area contributed by atoms with E-state index in [1.807, 2.05) is 39.2 Å². The molecule has 0 fully saturated rings. The minimum Gasteiger partial charge on any atom is -0.449 e. The number of unbranched alkanes of at least 4 members (excludes halogenated alkanes) is 1. The molecule has 1 aliphatic rings. The van der Waals surface area contributed by atoms with Gasteiger partial charge in [-0.25, -0.2) is 9.78 Å². The number of carbonyl (C=O) groups is 1. The fraction of sp³-hybridized carbons (Fsp3) is 0.520. The van der Waals surface area contributed by atoms with Crippen LogP contribution < -0.4 is 26.0 Å². The number of hydrogen-bond acceptors (Lipinski definition) is 6. The molecule has 0 atom stereocenters. The van der Waals surface area contributed by atoms with E-state index in [9.17, 15) is 14.4 Å². The van der Waals surface area contributed by atoms with Crippen LogP contribution in [-0.2, 0) is 24.3 Å². The number of imidazole rings is 1. The molecule has 10 nitrogen and oxygen atoms in total. The lowest BCUT2D eigenvalue weighted by Crippen LogP contribution is -2.31. The largest absolute Gasteiger partial charge is 0.449 e. The van der Waals surface area contributed by atoms with Crippen molar-refractivity contribution in [2.45, 2.75) is 79.2 Å². The van der Waals surface area contributed by atoms with E-state index in [-0.39, 0.29) is 18.2 Å². The number of nitrogens with zero attached hydrogens (tertiary/aromatic N) is 3. The summed E-state index contributed by atoms with van der Waals surface area (Å²) in [5, 5.41) is 2.89. The molecule has 35 heavy (non-hydrogen) atoms. The van der Waals surface area contributed by atoms with E-state index < -0.39 is 17.0 Å². The zero-order chi connectivity index (χ0) is 25.3. The predicted octanol–water partition coefficient (Wildman–Crippen LogP) is 3.42. The topological polar surface area (TPSA) is 120 Å². The number of ether oxygens (including phenoxy) is 2. The normalized spacial score (nSPS) is 14.1. The van der Waals surface area contributed by atoms with Crippen LogP contribution in [0.25, 0.3) is 11.2 Å². The number of benzene rings is 1. The third-order valence-electron chi connectivity index (χ3n) is 5.76. The highest BCUT2D eigenvalue weighted by Crippen LogP contribution is 2.40. The summed E-state index contributed by atoms with van der Waals surface area (Å²) < 4.78 is 14.8. The second kappa shape index (κ2) is 9.59. The molecular formula is C25H33N5O5. The summed E-state index contributed by atoms with van der Waals surface area (Å²) in [5.74, 6) is 1.14. The second-order valence-electron chi connectivity index (χ2n) is 9.78. The molecule has 3 heterocycles. The number of amides is 1. The van der Waals surface area contributed by atoms with Crippen LogP contribution >= 0.6 is 0 Å². The van der Waals surface area contributed by atoms with E-state index in [2.05, 4.69) is 15.3 Å². The molecule has 10 heteroatoms. The summed E-state index contributed by atoms with van der Waals surface area (Å²) in [6, 6.07) is 5.27. The maximum absolute atomic E-state index is 12.7. The number of rotatable bonds is 9. The monoisotopic (exact) mass is 483 g/mol. The molecular weight excluding hydrogens is 450 g/mol. The van der Waals surface area contributed by atoms with Gasteiger partial charge in [0.05, 0.1) is 0 Å². The Bertz CT molecular complexity index is 1370. The first-order valence-corrected chi connectivity index (χ1v) is 12.1. The molecule has 0 spiro atoms. The Labute approximate surface area is 203 Å². The van der Waals surface area contributed by atoms with E-state index >= 15 is 0 Å². The quantitative estimate of drug-likeness (QED) is 0.481. The number of aromatic nitrogens is 4. The Kier molecular flexibility index (Phi) is 6.73. The molecule has 2 N–H and O–H groups in total. The Morgan fingerprint density at radius 1 is 1.17 bits per heavy atom. The van der Waals surface area contributed by atoms with Gasteiger partial charge in [0, 0.05) is 51.5 Å². The number of aryl methyl sites for hydroxylation is 2. The van der Waals surface area contributed by atoms with Crippen LogP contribution in [-0.4, -0.2) is 30.8 Å². The third-order valence-corrected chi connectivity index (χ3v) is 5.76. The number of nitrogens with one attached hydrogen (secondary N) is 2. The Morgan fingerprint density at radius 3 is 2.63 bits per heavy atom. The standard InChI is InChI=1S/C25H33N5O5/c1-6-7-12-29-22-21(23(32)28-24(29)33)30(14-15(2)3)19(27-22)10-11-20(31)26-16-8-9-17-18(13-16)35-25(4,5)34-17/h8-9,13,15H,6-7,10-12,14H2,1-5H3,(H,26,31)(H,28,32,33). The van der Waals surface area contributed by atoms with E-state index in [0.717, 1.165) is 12.8 Å². The van der Waals surface area contributed by atoms with Gasteiger partial charge in [0.25, 0.3) is 5.56 Å². The van der Waals surface area contributed by atoms with Crippen LogP contribution in [0.15, 0.2) is 27.8 Å². The number of anilines is 1. The molecule has 0 saturated carbocycles. The summed E-state index contributed by atoms with van der Waals surface area (Å²) in [6.07, 6.45) is 2.19. The molecule has 2 aromatic heterocycles. The Hall–Kier alpha value is -3.56. The van der Waals surface area contributed by atoms with Crippen molar-refractivity contribution in [2.75, 3.05) is 5.32 Å². The Morgan fingerprint density at radius 2 is 1.91 bits per heavy atom. The molecule has 1 aliphatic heterocycles. The summed E-state index contributed by atoms with van der Waals surface area (Å²) in [4.78, 5) is 45.0. The van der Waals surface area contributed by atoms with Crippen LogP contribution in [0, 0.1) is 5.92 Å². The van der Waals surface area contributed by atoms with E-state index in [4.69, 9.17) is 9.47 Å². The zero-order valence-corrected chi connectivity index (χ0v) is 20.9. The fourth-order valence-corrected chi connectivity index (χ4v) is 4.24. The molecule has 0 radical (unpaired) electrons. The van der Waals surface area contributed by atoms with Gasteiger partial charge in [-0.3, -0.25) is 19.1 Å². The average Bonchev–Trinajstić information content (AvgIpc) is 3.27. The second-order valence-corrected chi connectivity index (χ2v) is 9.78. The molecule has 0 aliphatic carbocycles. The van der Waals surface area contributed by atoms with E-state index in [1.54, 1.807) is 18.2 Å². The van der Waals surface area contributed by atoms with Crippen molar-refractivity contribution in [1.82, 2.24) is 19.1 Å². The van der Waals surface area contributed by atoms with Gasteiger partial charge in [-0.2, -0.15) is 0 Å². The minimum absolute atomic E-state index is 0.165. The average molecular weight is 484 g/mol. The van der Waals surface area contributed by atoms with Crippen molar-refractivity contribution in [3.8, 4) is 11.5 Å². The summed E-state index contributed by atoms with van der Waals surface area (Å²) in [7, 11) is 0. The molecule has 0 bridgehead atoms. The van der Waals surface area contributed by atoms with Gasteiger partial charge < -0.3 is 19.4 Å². The molecule has 0 saturated heterocycles. The molecule has 3 aromatic rings. The van der Waals surface area contributed by atoms with Crippen LogP contribution in [0.3, 0.4) is 0 Å². The van der Waals surface area contributed by atoms with Gasteiger partial charge >= 0.3 is 5.69 Å². The lowest BCUT2D eigenvalue weighted by molar-refractivity contribution is -0.116. The number of H-pyrrole nitrogens is 1. The number of hydrogen-bond donors (Lipinski definition) is 2. The highest BCUT2D eigenvalue weighted by molar-refractivity contribution is 5.91. The van der Waals surface area contributed by atoms with Crippen molar-refractivity contribution < 1.29 is 14.3 Å². The molecule has 0 unspecified atom stereocenters. The van der Waals surface area contributed by atoms with Crippen molar-refractivity contribution in [3.05, 3.63) is 44.9 Å². The van der Waals surface area contributed by atoms with E-state index in [0.29, 0.717) is 53.7 Å². The zero-order valence-electron chi connectivity index (χ0n) is 20.9. The first kappa shape index (κ1) is 24.6. The van der Waals surface area contributed by atoms with Gasteiger partial charge in [0.2, 0.25) is 11.7 Å². The van der Waals surface area contributed by atoms with Crippen molar-refractivity contribution >= 4 is 22.8 Å². The smallest absolute Gasteiger partial charge is 0.330 e. The molecule has 188 valence electrons. The number of fused-ring (bicyclic) bond motifs is 2. The van der Waals surface area contributed by atoms with Crippen LogP contribution in [0.1, 0.15) is 59.7 Å². The van der Waals surface area contributed by atoms with Crippen LogP contribution in [0.5, 0.6) is 11.5 Å². The number of aromatic amines is 1. The van der Waals surface area contributed by atoms with Crippen LogP contribution in [0.2, 0.25) is 0 Å². The highest BCUT2D eigenvalue weighted by atomic mass is 16.7. The minimum atomic E-state index is -0.740. The molecule has 1 aromatic carbocycles. The maximum atomic E-state index is 12.7. The van der Waals surface area contributed by atoms with Gasteiger partial charge in [-0.15, -0.1) is 0 Å². The van der Waals surface area contributed by atoms with Crippen molar-refractivity contribution in [3.63, 3.8) is 0 Å². The Balaban J connectivity index is 1.57. The fourth-order valence-electron chi connectivity index (χ4n) is 4.24. The summed E-state index contributed by atoms with van der Waals surface area (Å²) in [6.45, 7) is 10.8. The van der Waals surface area contributed by atoms with Crippen molar-refractivity contribution in [1.29, 1.82) is 0 Å². The van der Waals surface area contributed by atoms with Crippen LogP contribution in [0.4, 0.5) is 5.69 Å². The predicted molar refractivity (Wildman–Crippen MR) is 133 cm³/mol. The lowest BCUT2D eigenvalue weighted by Gasteiger charge is -2.16. The van der Waals surface area contributed by atoms with Crippen molar-refractivity contribution in [2.24, 2.45) is 5.92 Å². The van der Waals surface area contributed by atoms with Gasteiger partial charge in [-0.05, 0) is 24.5 Å². The summed E-state index contributed by atoms with van der Waals surface area (Å²) >= 11 is 0. The lowest BCUT2D eigenvalue weighted by atomic mass is 10.2. The van der Waals surface area contributed by atoms with Gasteiger partial charge in [0.15, 0.2) is 22.7 Å². The maximum Gasteiger partial charge on any atom is 0.330 e. The third kappa shape index (κ3) is 5.26.